The number of ether oxygens (including phenoxy) is 1. The number of para-hydroxylation sites is 2. The quantitative estimate of drug-likeness (QED) is 0.658. The molecule has 0 radical (unpaired) electrons. The zero-order chi connectivity index (χ0) is 15.2. The SMILES string of the molecule is COc1ccccc1NC(=O)/C(C#N)=C\c1cc(Br)cs1. The van der Waals surface area contributed by atoms with Crippen molar-refractivity contribution >= 4 is 44.9 Å². The zero-order valence-corrected chi connectivity index (χ0v) is 13.5. The lowest BCUT2D eigenvalue weighted by atomic mass is 10.2. The number of amides is 1. The molecule has 0 bridgehead atoms. The molecule has 1 N–H and O–H groups in total. The maximum absolute atomic E-state index is 12.2. The minimum Gasteiger partial charge on any atom is -0.495 e. The number of carbonyl (C=O) groups is 1. The fourth-order valence-corrected chi connectivity index (χ4v) is 3.01. The van der Waals surface area contributed by atoms with Crippen LogP contribution >= 0.6 is 27.3 Å². The molecular formula is C15H11BrN2O2S. The summed E-state index contributed by atoms with van der Waals surface area (Å²) in [7, 11) is 1.52. The van der Waals surface area contributed by atoms with Crippen LogP contribution in [0.2, 0.25) is 0 Å². The van der Waals surface area contributed by atoms with E-state index in [-0.39, 0.29) is 5.57 Å². The molecule has 0 spiro atoms. The van der Waals surface area contributed by atoms with Crippen LogP contribution in [0.1, 0.15) is 4.88 Å². The normalized spacial score (nSPS) is 10.8. The predicted molar refractivity (Wildman–Crippen MR) is 87.2 cm³/mol. The highest BCUT2D eigenvalue weighted by Gasteiger charge is 2.12. The fraction of sp³-hybridized carbons (Fsp3) is 0.0667. The molecule has 106 valence electrons. The van der Waals surface area contributed by atoms with E-state index in [1.165, 1.54) is 18.4 Å². The van der Waals surface area contributed by atoms with Crippen LogP contribution in [0, 0.1) is 11.3 Å². The second kappa shape index (κ2) is 7.07. The molecule has 4 nitrogen and oxygen atoms in total. The molecule has 1 heterocycles. The van der Waals surface area contributed by atoms with E-state index in [9.17, 15) is 4.79 Å². The Kier molecular flexibility index (Phi) is 5.14. The molecule has 0 saturated heterocycles. The Bertz CT molecular complexity index is 731. The number of anilines is 1. The first-order chi connectivity index (χ1) is 10.1. The van der Waals surface area contributed by atoms with Gasteiger partial charge in [-0.05, 0) is 40.2 Å². The molecule has 0 aliphatic rings. The molecule has 0 aliphatic carbocycles. The van der Waals surface area contributed by atoms with E-state index >= 15 is 0 Å². The molecule has 0 fully saturated rings. The number of benzene rings is 1. The summed E-state index contributed by atoms with van der Waals surface area (Å²) in [5.74, 6) is 0.0773. The largest absolute Gasteiger partial charge is 0.495 e. The van der Waals surface area contributed by atoms with Crippen LogP contribution in [0.5, 0.6) is 5.75 Å². The second-order valence-corrected chi connectivity index (χ2v) is 5.85. The van der Waals surface area contributed by atoms with Crippen molar-refractivity contribution in [3.8, 4) is 11.8 Å². The number of nitrogens with one attached hydrogen (secondary N) is 1. The highest BCUT2D eigenvalue weighted by molar-refractivity contribution is 9.10. The second-order valence-electron chi connectivity index (χ2n) is 3.99. The zero-order valence-electron chi connectivity index (χ0n) is 11.1. The summed E-state index contributed by atoms with van der Waals surface area (Å²) in [5, 5.41) is 13.7. The van der Waals surface area contributed by atoms with Crippen LogP contribution in [0.15, 0.2) is 45.8 Å². The highest BCUT2D eigenvalue weighted by atomic mass is 79.9. The van der Waals surface area contributed by atoms with Gasteiger partial charge < -0.3 is 10.1 Å². The summed E-state index contributed by atoms with van der Waals surface area (Å²) in [6.45, 7) is 0. The topological polar surface area (TPSA) is 62.1 Å². The van der Waals surface area contributed by atoms with Crippen molar-refractivity contribution in [3.05, 3.63) is 50.6 Å². The molecule has 0 aliphatic heterocycles. The van der Waals surface area contributed by atoms with Gasteiger partial charge in [0.15, 0.2) is 0 Å². The standard InChI is InChI=1S/C15H11BrN2O2S/c1-20-14-5-3-2-4-13(14)18-15(19)10(8-17)6-12-7-11(16)9-21-12/h2-7,9H,1H3,(H,18,19)/b10-6-. The lowest BCUT2D eigenvalue weighted by Crippen LogP contribution is -2.14. The molecule has 1 aromatic carbocycles. The number of methoxy groups -OCH3 is 1. The average molecular weight is 363 g/mol. The molecule has 6 heteroatoms. The van der Waals surface area contributed by atoms with Gasteiger partial charge in [0.2, 0.25) is 0 Å². The van der Waals surface area contributed by atoms with E-state index in [1.807, 2.05) is 17.5 Å². The third-order valence-electron chi connectivity index (χ3n) is 2.59. The summed E-state index contributed by atoms with van der Waals surface area (Å²) in [5.41, 5.74) is 0.564. The lowest BCUT2D eigenvalue weighted by Gasteiger charge is -2.08. The van der Waals surface area contributed by atoms with Crippen LogP contribution < -0.4 is 10.1 Å². The average Bonchev–Trinajstić information content (AvgIpc) is 2.90. The van der Waals surface area contributed by atoms with Gasteiger partial charge in [-0.2, -0.15) is 5.26 Å². The smallest absolute Gasteiger partial charge is 0.266 e. The molecule has 2 aromatic rings. The Morgan fingerprint density at radius 2 is 2.24 bits per heavy atom. The van der Waals surface area contributed by atoms with Crippen LogP contribution in [0.3, 0.4) is 0 Å². The number of hydrogen-bond acceptors (Lipinski definition) is 4. The predicted octanol–water partition coefficient (Wildman–Crippen LogP) is 4.06. The minimum atomic E-state index is -0.466. The van der Waals surface area contributed by atoms with E-state index in [0.717, 1.165) is 9.35 Å². The lowest BCUT2D eigenvalue weighted by molar-refractivity contribution is -0.112. The number of hydrogen-bond donors (Lipinski definition) is 1. The third kappa shape index (κ3) is 3.94. The van der Waals surface area contributed by atoms with E-state index in [0.29, 0.717) is 11.4 Å². The Balaban J connectivity index is 2.22. The van der Waals surface area contributed by atoms with Gasteiger partial charge in [-0.15, -0.1) is 11.3 Å². The van der Waals surface area contributed by atoms with Gasteiger partial charge in [0, 0.05) is 14.7 Å². The fourth-order valence-electron chi connectivity index (χ4n) is 1.63. The summed E-state index contributed by atoms with van der Waals surface area (Å²) >= 11 is 4.78. The first-order valence-corrected chi connectivity index (χ1v) is 7.61. The Labute approximate surface area is 134 Å². The summed E-state index contributed by atoms with van der Waals surface area (Å²) in [4.78, 5) is 13.0. The first kappa shape index (κ1) is 15.3. The van der Waals surface area contributed by atoms with Crippen molar-refractivity contribution in [2.45, 2.75) is 0 Å². The molecular weight excluding hydrogens is 352 g/mol. The molecule has 21 heavy (non-hydrogen) atoms. The van der Waals surface area contributed by atoms with Crippen molar-refractivity contribution in [2.75, 3.05) is 12.4 Å². The molecule has 0 saturated carbocycles. The number of halogens is 1. The van der Waals surface area contributed by atoms with E-state index < -0.39 is 5.91 Å². The number of nitrogens with zero attached hydrogens (tertiary/aromatic N) is 1. The van der Waals surface area contributed by atoms with Gasteiger partial charge in [-0.1, -0.05) is 12.1 Å². The number of rotatable bonds is 4. The van der Waals surface area contributed by atoms with Gasteiger partial charge in [-0.3, -0.25) is 4.79 Å². The third-order valence-corrected chi connectivity index (χ3v) is 4.24. The summed E-state index contributed by atoms with van der Waals surface area (Å²) < 4.78 is 6.08. The first-order valence-electron chi connectivity index (χ1n) is 5.94. The maximum Gasteiger partial charge on any atom is 0.266 e. The molecule has 2 rings (SSSR count). The molecule has 1 amide bonds. The minimum absolute atomic E-state index is 0.0373. The van der Waals surface area contributed by atoms with Crippen molar-refractivity contribution < 1.29 is 9.53 Å². The van der Waals surface area contributed by atoms with Crippen molar-refractivity contribution in [2.24, 2.45) is 0 Å². The molecule has 1 aromatic heterocycles. The van der Waals surface area contributed by atoms with E-state index in [2.05, 4.69) is 21.2 Å². The maximum atomic E-state index is 12.2. The number of nitriles is 1. The van der Waals surface area contributed by atoms with Crippen molar-refractivity contribution in [1.29, 1.82) is 5.26 Å². The summed E-state index contributed by atoms with van der Waals surface area (Å²) in [6.07, 6.45) is 1.56. The van der Waals surface area contributed by atoms with Gasteiger partial charge in [0.05, 0.1) is 12.8 Å². The van der Waals surface area contributed by atoms with Crippen LogP contribution in [-0.4, -0.2) is 13.0 Å². The Morgan fingerprint density at radius 3 is 2.86 bits per heavy atom. The van der Waals surface area contributed by atoms with Gasteiger partial charge in [0.25, 0.3) is 5.91 Å². The summed E-state index contributed by atoms with van der Waals surface area (Å²) in [6, 6.07) is 10.8. The molecule has 0 unspecified atom stereocenters. The van der Waals surface area contributed by atoms with Gasteiger partial charge in [-0.25, -0.2) is 0 Å². The van der Waals surface area contributed by atoms with E-state index in [4.69, 9.17) is 10.00 Å². The van der Waals surface area contributed by atoms with Crippen molar-refractivity contribution in [3.63, 3.8) is 0 Å². The van der Waals surface area contributed by atoms with Crippen LogP contribution in [0.4, 0.5) is 5.69 Å². The van der Waals surface area contributed by atoms with Gasteiger partial charge in [0.1, 0.15) is 17.4 Å². The highest BCUT2D eigenvalue weighted by Crippen LogP contribution is 2.25. The monoisotopic (exact) mass is 362 g/mol. The van der Waals surface area contributed by atoms with Crippen LogP contribution in [-0.2, 0) is 4.79 Å². The Hall–Kier alpha value is -2.10. The molecule has 0 atom stereocenters. The van der Waals surface area contributed by atoms with Crippen molar-refractivity contribution in [1.82, 2.24) is 0 Å². The van der Waals surface area contributed by atoms with Gasteiger partial charge >= 0.3 is 0 Å². The number of thiophene rings is 1. The Morgan fingerprint density at radius 1 is 1.48 bits per heavy atom. The van der Waals surface area contributed by atoms with Crippen LogP contribution in [0.25, 0.3) is 6.08 Å². The number of carbonyl (C=O) groups excluding carboxylic acids is 1. The van der Waals surface area contributed by atoms with E-state index in [1.54, 1.807) is 30.3 Å².